The molecule has 4 nitrogen and oxygen atoms in total. The van der Waals surface area contributed by atoms with Crippen LogP contribution in [0.4, 0.5) is 0 Å². The fourth-order valence-corrected chi connectivity index (χ4v) is 5.59. The highest BCUT2D eigenvalue weighted by molar-refractivity contribution is 7.91. The van der Waals surface area contributed by atoms with Gasteiger partial charge in [-0.3, -0.25) is 4.79 Å². The van der Waals surface area contributed by atoms with Crippen molar-refractivity contribution in [2.45, 2.75) is 75.1 Å². The van der Waals surface area contributed by atoms with Gasteiger partial charge in [0.25, 0.3) is 0 Å². The molecule has 0 N–H and O–H groups in total. The van der Waals surface area contributed by atoms with E-state index in [1.54, 1.807) is 0 Å². The van der Waals surface area contributed by atoms with Gasteiger partial charge in [0.2, 0.25) is 5.91 Å². The molecular formula is C15H25NO3S. The lowest BCUT2D eigenvalue weighted by Crippen LogP contribution is -2.49. The van der Waals surface area contributed by atoms with Gasteiger partial charge in [-0.15, -0.1) is 0 Å². The number of hydrogen-bond donors (Lipinski definition) is 0. The van der Waals surface area contributed by atoms with Crippen LogP contribution in [0.1, 0.15) is 57.8 Å². The van der Waals surface area contributed by atoms with E-state index in [9.17, 15) is 13.2 Å². The van der Waals surface area contributed by atoms with Crippen molar-refractivity contribution in [2.24, 2.45) is 5.92 Å². The van der Waals surface area contributed by atoms with Gasteiger partial charge in [-0.05, 0) is 44.4 Å². The van der Waals surface area contributed by atoms with Gasteiger partial charge in [0.1, 0.15) is 9.84 Å². The number of piperidine rings is 1. The molecule has 2 aliphatic heterocycles. The van der Waals surface area contributed by atoms with Crippen molar-refractivity contribution < 1.29 is 13.2 Å². The monoisotopic (exact) mass is 299 g/mol. The fraction of sp³-hybridized carbons (Fsp3) is 0.933. The molecule has 0 radical (unpaired) electrons. The summed E-state index contributed by atoms with van der Waals surface area (Å²) in [6.07, 6.45) is 10.3. The molecule has 0 spiro atoms. The van der Waals surface area contributed by atoms with Crippen LogP contribution in [-0.2, 0) is 14.6 Å². The van der Waals surface area contributed by atoms with E-state index in [0.717, 1.165) is 12.8 Å². The molecule has 3 aliphatic rings. The third-order valence-electron chi connectivity index (χ3n) is 5.52. The molecule has 5 heteroatoms. The molecule has 1 aliphatic carbocycles. The SMILES string of the molecule is CS(=O)(=O)C1CC2CCC(C1)N2C(=O)CC1CCCC1. The largest absolute Gasteiger partial charge is 0.337 e. The van der Waals surface area contributed by atoms with E-state index in [0.29, 0.717) is 25.2 Å². The lowest BCUT2D eigenvalue weighted by molar-refractivity contribution is -0.136. The average Bonchev–Trinajstić information content (AvgIpc) is 2.94. The minimum absolute atomic E-state index is 0.183. The molecule has 1 amide bonds. The molecule has 1 saturated carbocycles. The van der Waals surface area contributed by atoms with Gasteiger partial charge in [0.05, 0.1) is 5.25 Å². The van der Waals surface area contributed by atoms with Crippen LogP contribution in [0.15, 0.2) is 0 Å². The normalized spacial score (nSPS) is 34.6. The van der Waals surface area contributed by atoms with Gasteiger partial charge in [0.15, 0.2) is 0 Å². The summed E-state index contributed by atoms with van der Waals surface area (Å²) in [5, 5.41) is -0.226. The Morgan fingerprint density at radius 1 is 1.05 bits per heavy atom. The van der Waals surface area contributed by atoms with Gasteiger partial charge < -0.3 is 4.90 Å². The molecule has 3 rings (SSSR count). The van der Waals surface area contributed by atoms with Crippen LogP contribution < -0.4 is 0 Å². The number of rotatable bonds is 3. The van der Waals surface area contributed by atoms with E-state index in [1.165, 1.54) is 31.9 Å². The number of amides is 1. The predicted octanol–water partition coefficient (Wildman–Crippen LogP) is 2.13. The van der Waals surface area contributed by atoms with Crippen molar-refractivity contribution in [3.63, 3.8) is 0 Å². The Morgan fingerprint density at radius 3 is 2.10 bits per heavy atom. The summed E-state index contributed by atoms with van der Waals surface area (Å²) in [6.45, 7) is 0. The quantitative estimate of drug-likeness (QED) is 0.802. The Kier molecular flexibility index (Phi) is 3.82. The predicted molar refractivity (Wildman–Crippen MR) is 78.1 cm³/mol. The second-order valence-corrected chi connectivity index (χ2v) is 9.29. The van der Waals surface area contributed by atoms with Crippen molar-refractivity contribution >= 4 is 15.7 Å². The van der Waals surface area contributed by atoms with Crippen LogP contribution in [0.25, 0.3) is 0 Å². The molecule has 2 saturated heterocycles. The first-order valence-electron chi connectivity index (χ1n) is 7.95. The second-order valence-electron chi connectivity index (χ2n) is 6.96. The van der Waals surface area contributed by atoms with Crippen molar-refractivity contribution in [3.05, 3.63) is 0 Å². The molecule has 2 atom stereocenters. The minimum Gasteiger partial charge on any atom is -0.337 e. The summed E-state index contributed by atoms with van der Waals surface area (Å²) in [6, 6.07) is 0.366. The smallest absolute Gasteiger partial charge is 0.223 e. The molecule has 0 aromatic heterocycles. The molecule has 2 unspecified atom stereocenters. The Bertz CT molecular complexity index is 467. The summed E-state index contributed by atoms with van der Waals surface area (Å²) in [5.41, 5.74) is 0. The summed E-state index contributed by atoms with van der Waals surface area (Å²) >= 11 is 0. The molecular weight excluding hydrogens is 274 g/mol. The van der Waals surface area contributed by atoms with E-state index in [4.69, 9.17) is 0 Å². The first kappa shape index (κ1) is 14.4. The minimum atomic E-state index is -2.96. The molecule has 0 aromatic rings. The van der Waals surface area contributed by atoms with Crippen molar-refractivity contribution in [1.29, 1.82) is 0 Å². The van der Waals surface area contributed by atoms with Crippen LogP contribution in [0.5, 0.6) is 0 Å². The van der Waals surface area contributed by atoms with E-state index in [2.05, 4.69) is 4.90 Å². The van der Waals surface area contributed by atoms with Gasteiger partial charge in [-0.2, -0.15) is 0 Å². The highest BCUT2D eigenvalue weighted by atomic mass is 32.2. The van der Waals surface area contributed by atoms with E-state index < -0.39 is 9.84 Å². The number of hydrogen-bond acceptors (Lipinski definition) is 3. The van der Waals surface area contributed by atoms with Gasteiger partial charge in [-0.25, -0.2) is 8.42 Å². The fourth-order valence-electron chi connectivity index (χ4n) is 4.45. The van der Waals surface area contributed by atoms with Crippen LogP contribution in [-0.4, -0.2) is 42.8 Å². The molecule has 2 bridgehead atoms. The molecule has 20 heavy (non-hydrogen) atoms. The zero-order chi connectivity index (χ0) is 14.3. The maximum atomic E-state index is 12.5. The maximum Gasteiger partial charge on any atom is 0.223 e. The number of nitrogens with zero attached hydrogens (tertiary/aromatic N) is 1. The summed E-state index contributed by atoms with van der Waals surface area (Å²) in [5.74, 6) is 0.867. The highest BCUT2D eigenvalue weighted by Crippen LogP contribution is 2.39. The third kappa shape index (κ3) is 2.74. The summed E-state index contributed by atoms with van der Waals surface area (Å²) in [7, 11) is -2.96. The molecule has 114 valence electrons. The standard InChI is InChI=1S/C15H25NO3S/c1-20(18,19)14-9-12-6-7-13(10-14)16(12)15(17)8-11-4-2-3-5-11/h11-14H,2-10H2,1H3. The van der Waals surface area contributed by atoms with E-state index in [1.807, 2.05) is 0 Å². The third-order valence-corrected chi connectivity index (χ3v) is 7.12. The van der Waals surface area contributed by atoms with Crippen molar-refractivity contribution in [1.82, 2.24) is 4.90 Å². The van der Waals surface area contributed by atoms with Crippen LogP contribution in [0, 0.1) is 5.92 Å². The topological polar surface area (TPSA) is 54.5 Å². The highest BCUT2D eigenvalue weighted by Gasteiger charge is 2.45. The summed E-state index contributed by atoms with van der Waals surface area (Å²) in [4.78, 5) is 14.6. The van der Waals surface area contributed by atoms with Gasteiger partial charge >= 0.3 is 0 Å². The van der Waals surface area contributed by atoms with Crippen LogP contribution in [0.2, 0.25) is 0 Å². The van der Waals surface area contributed by atoms with E-state index >= 15 is 0 Å². The zero-order valence-corrected chi connectivity index (χ0v) is 13.1. The molecule has 0 aromatic carbocycles. The van der Waals surface area contributed by atoms with Crippen LogP contribution in [0.3, 0.4) is 0 Å². The maximum absolute atomic E-state index is 12.5. The Balaban J connectivity index is 1.66. The van der Waals surface area contributed by atoms with Crippen molar-refractivity contribution in [3.8, 4) is 0 Å². The number of sulfone groups is 1. The lowest BCUT2D eigenvalue weighted by Gasteiger charge is -2.38. The first-order valence-corrected chi connectivity index (χ1v) is 9.90. The summed E-state index contributed by atoms with van der Waals surface area (Å²) < 4.78 is 23.5. The Morgan fingerprint density at radius 2 is 1.60 bits per heavy atom. The Hall–Kier alpha value is -0.580. The first-order chi connectivity index (χ1) is 9.45. The number of carbonyl (C=O) groups is 1. The van der Waals surface area contributed by atoms with Gasteiger partial charge in [0, 0.05) is 24.8 Å². The van der Waals surface area contributed by atoms with E-state index in [-0.39, 0.29) is 23.2 Å². The van der Waals surface area contributed by atoms with Crippen LogP contribution >= 0.6 is 0 Å². The Labute approximate surface area is 121 Å². The molecule has 3 fully saturated rings. The number of carbonyl (C=O) groups excluding carboxylic acids is 1. The average molecular weight is 299 g/mol. The number of fused-ring (bicyclic) bond motifs is 2. The van der Waals surface area contributed by atoms with Gasteiger partial charge in [-0.1, -0.05) is 12.8 Å². The zero-order valence-electron chi connectivity index (χ0n) is 12.3. The second kappa shape index (κ2) is 5.32. The lowest BCUT2D eigenvalue weighted by atomic mass is 9.98. The van der Waals surface area contributed by atoms with Crippen molar-refractivity contribution in [2.75, 3.05) is 6.26 Å². The molecule has 2 heterocycles.